The lowest BCUT2D eigenvalue weighted by Crippen LogP contribution is -1.98. The number of hydrogen-bond acceptors (Lipinski definition) is 6. The molecule has 0 aliphatic carbocycles. The number of rotatable bonds is 4. The van der Waals surface area contributed by atoms with Gasteiger partial charge < -0.3 is 5.32 Å². The largest absolute Gasteiger partial charge is 0.324 e. The number of anilines is 2. The van der Waals surface area contributed by atoms with Gasteiger partial charge in [-0.1, -0.05) is 30.3 Å². The maximum atomic E-state index is 4.53. The van der Waals surface area contributed by atoms with E-state index in [0.29, 0.717) is 5.82 Å². The van der Waals surface area contributed by atoms with E-state index in [0.717, 1.165) is 27.6 Å². The summed E-state index contributed by atoms with van der Waals surface area (Å²) in [5, 5.41) is 5.94. The van der Waals surface area contributed by atoms with Gasteiger partial charge in [0.25, 0.3) is 0 Å². The summed E-state index contributed by atoms with van der Waals surface area (Å²) in [5.41, 5.74) is 2.96. The zero-order chi connectivity index (χ0) is 16.2. The SMILES string of the molecule is c1ccc(-c2ccc(Nc3cncc(-c4nccs4)n3)nc2)cc1. The molecular formula is C18H13N5S. The summed E-state index contributed by atoms with van der Waals surface area (Å²) < 4.78 is 0. The number of hydrogen-bond donors (Lipinski definition) is 1. The first-order valence-electron chi connectivity index (χ1n) is 7.39. The predicted octanol–water partition coefficient (Wildman–Crippen LogP) is 4.41. The van der Waals surface area contributed by atoms with Crippen LogP contribution >= 0.6 is 11.3 Å². The minimum absolute atomic E-state index is 0.641. The smallest absolute Gasteiger partial charge is 0.150 e. The van der Waals surface area contributed by atoms with Crippen molar-refractivity contribution in [2.45, 2.75) is 0 Å². The van der Waals surface area contributed by atoms with Crippen molar-refractivity contribution < 1.29 is 0 Å². The third-order valence-electron chi connectivity index (χ3n) is 3.41. The summed E-state index contributed by atoms with van der Waals surface area (Å²) in [6.45, 7) is 0. The molecule has 3 heterocycles. The van der Waals surface area contributed by atoms with Crippen molar-refractivity contribution in [3.63, 3.8) is 0 Å². The number of benzene rings is 1. The van der Waals surface area contributed by atoms with Gasteiger partial charge in [0.1, 0.15) is 16.5 Å². The molecule has 0 spiro atoms. The summed E-state index contributed by atoms with van der Waals surface area (Å²) in [7, 11) is 0. The molecule has 0 fully saturated rings. The molecule has 6 heteroatoms. The van der Waals surface area contributed by atoms with E-state index in [9.17, 15) is 0 Å². The Kier molecular flexibility index (Phi) is 3.95. The highest BCUT2D eigenvalue weighted by molar-refractivity contribution is 7.13. The zero-order valence-electron chi connectivity index (χ0n) is 12.6. The first-order valence-corrected chi connectivity index (χ1v) is 8.27. The van der Waals surface area contributed by atoms with Crippen molar-refractivity contribution in [2.75, 3.05) is 5.32 Å². The maximum absolute atomic E-state index is 4.53. The first kappa shape index (κ1) is 14.5. The minimum Gasteiger partial charge on any atom is -0.324 e. The van der Waals surface area contributed by atoms with Crippen LogP contribution in [0.15, 0.2) is 72.6 Å². The summed E-state index contributed by atoms with van der Waals surface area (Å²) in [4.78, 5) is 17.4. The van der Waals surface area contributed by atoms with Gasteiger partial charge in [0.15, 0.2) is 5.82 Å². The molecule has 0 bridgehead atoms. The van der Waals surface area contributed by atoms with Crippen molar-refractivity contribution in [3.05, 3.63) is 72.6 Å². The van der Waals surface area contributed by atoms with Crippen LogP contribution in [0.5, 0.6) is 0 Å². The Morgan fingerprint density at radius 2 is 1.71 bits per heavy atom. The Morgan fingerprint density at radius 1 is 0.792 bits per heavy atom. The highest BCUT2D eigenvalue weighted by Gasteiger charge is 2.05. The van der Waals surface area contributed by atoms with Gasteiger partial charge in [0, 0.05) is 23.3 Å². The van der Waals surface area contributed by atoms with Crippen LogP contribution in [0.4, 0.5) is 11.6 Å². The topological polar surface area (TPSA) is 63.6 Å². The van der Waals surface area contributed by atoms with Crippen molar-refractivity contribution in [3.8, 4) is 21.8 Å². The van der Waals surface area contributed by atoms with Crippen LogP contribution in [-0.2, 0) is 0 Å². The second-order valence-electron chi connectivity index (χ2n) is 5.05. The molecule has 116 valence electrons. The molecule has 0 aliphatic heterocycles. The summed E-state index contributed by atoms with van der Waals surface area (Å²) in [6.07, 6.45) is 6.97. The van der Waals surface area contributed by atoms with E-state index in [1.807, 2.05) is 41.9 Å². The lowest BCUT2D eigenvalue weighted by Gasteiger charge is -2.06. The van der Waals surface area contributed by atoms with Crippen molar-refractivity contribution in [1.29, 1.82) is 0 Å². The highest BCUT2D eigenvalue weighted by atomic mass is 32.1. The van der Waals surface area contributed by atoms with Crippen molar-refractivity contribution in [2.24, 2.45) is 0 Å². The van der Waals surface area contributed by atoms with Gasteiger partial charge in [-0.3, -0.25) is 4.98 Å². The highest BCUT2D eigenvalue weighted by Crippen LogP contribution is 2.22. The van der Waals surface area contributed by atoms with Gasteiger partial charge in [-0.05, 0) is 17.7 Å². The van der Waals surface area contributed by atoms with E-state index in [1.54, 1.807) is 18.6 Å². The van der Waals surface area contributed by atoms with E-state index in [1.165, 1.54) is 11.3 Å². The molecule has 0 atom stereocenters. The molecule has 0 saturated heterocycles. The average Bonchev–Trinajstić information content (AvgIpc) is 3.18. The van der Waals surface area contributed by atoms with Crippen LogP contribution in [0, 0.1) is 0 Å². The van der Waals surface area contributed by atoms with E-state index >= 15 is 0 Å². The van der Waals surface area contributed by atoms with Gasteiger partial charge in [-0.2, -0.15) is 0 Å². The fourth-order valence-electron chi connectivity index (χ4n) is 2.28. The normalized spacial score (nSPS) is 10.5. The van der Waals surface area contributed by atoms with Crippen LogP contribution in [0.25, 0.3) is 21.8 Å². The van der Waals surface area contributed by atoms with Gasteiger partial charge in [0.05, 0.1) is 12.4 Å². The molecule has 1 N–H and O–H groups in total. The molecule has 1 aromatic carbocycles. The third kappa shape index (κ3) is 3.13. The lowest BCUT2D eigenvalue weighted by atomic mass is 10.1. The second kappa shape index (κ2) is 6.55. The minimum atomic E-state index is 0.641. The summed E-state index contributed by atoms with van der Waals surface area (Å²) in [6, 6.07) is 14.1. The molecule has 4 rings (SSSR count). The summed E-state index contributed by atoms with van der Waals surface area (Å²) in [5.74, 6) is 1.36. The number of thiazole rings is 1. The molecule has 4 aromatic rings. The van der Waals surface area contributed by atoms with Gasteiger partial charge in [0.2, 0.25) is 0 Å². The molecule has 5 nitrogen and oxygen atoms in total. The quantitative estimate of drug-likeness (QED) is 0.600. The van der Waals surface area contributed by atoms with Crippen LogP contribution in [0.2, 0.25) is 0 Å². The Hall–Kier alpha value is -3.12. The number of aromatic nitrogens is 4. The maximum Gasteiger partial charge on any atom is 0.150 e. The van der Waals surface area contributed by atoms with Gasteiger partial charge >= 0.3 is 0 Å². The molecule has 0 unspecified atom stereocenters. The molecule has 3 aromatic heterocycles. The first-order chi connectivity index (χ1) is 11.9. The van der Waals surface area contributed by atoms with E-state index in [4.69, 9.17) is 0 Å². The Balaban J connectivity index is 1.55. The molecule has 0 radical (unpaired) electrons. The van der Waals surface area contributed by atoms with Gasteiger partial charge in [-0.25, -0.2) is 15.0 Å². The Labute approximate surface area is 143 Å². The zero-order valence-corrected chi connectivity index (χ0v) is 13.4. The molecule has 24 heavy (non-hydrogen) atoms. The monoisotopic (exact) mass is 331 g/mol. The number of pyridine rings is 1. The predicted molar refractivity (Wildman–Crippen MR) is 96.1 cm³/mol. The Morgan fingerprint density at radius 3 is 2.46 bits per heavy atom. The van der Waals surface area contributed by atoms with E-state index in [-0.39, 0.29) is 0 Å². The third-order valence-corrected chi connectivity index (χ3v) is 4.21. The summed E-state index contributed by atoms with van der Waals surface area (Å²) >= 11 is 1.53. The van der Waals surface area contributed by atoms with E-state index in [2.05, 4.69) is 37.4 Å². The molecule has 0 amide bonds. The van der Waals surface area contributed by atoms with Gasteiger partial charge in [-0.15, -0.1) is 11.3 Å². The average molecular weight is 331 g/mol. The number of nitrogens with one attached hydrogen (secondary N) is 1. The van der Waals surface area contributed by atoms with Crippen LogP contribution in [0.1, 0.15) is 0 Å². The number of nitrogens with zero attached hydrogens (tertiary/aromatic N) is 4. The van der Waals surface area contributed by atoms with Crippen molar-refractivity contribution in [1.82, 2.24) is 19.9 Å². The lowest BCUT2D eigenvalue weighted by molar-refractivity contribution is 1.18. The molecule has 0 saturated carbocycles. The Bertz CT molecular complexity index is 921. The standard InChI is InChI=1S/C18H13N5S/c1-2-4-13(5-3-1)14-6-7-16(21-10-14)23-17-12-19-11-15(22-17)18-20-8-9-24-18/h1-12H,(H,21,22,23). The fourth-order valence-corrected chi connectivity index (χ4v) is 2.87. The van der Waals surface area contributed by atoms with E-state index < -0.39 is 0 Å². The van der Waals surface area contributed by atoms with Crippen LogP contribution in [0.3, 0.4) is 0 Å². The second-order valence-corrected chi connectivity index (χ2v) is 5.94. The van der Waals surface area contributed by atoms with Crippen molar-refractivity contribution >= 4 is 23.0 Å². The molecular weight excluding hydrogens is 318 g/mol. The fraction of sp³-hybridized carbons (Fsp3) is 0. The van der Waals surface area contributed by atoms with Crippen LogP contribution in [-0.4, -0.2) is 19.9 Å². The molecule has 0 aliphatic rings. The van der Waals surface area contributed by atoms with Crippen LogP contribution < -0.4 is 5.32 Å².